The first-order chi connectivity index (χ1) is 8.22. The molecule has 0 atom stereocenters. The first-order valence-corrected chi connectivity index (χ1v) is 5.64. The van der Waals surface area contributed by atoms with Crippen LogP contribution >= 0.6 is 0 Å². The van der Waals surface area contributed by atoms with Crippen molar-refractivity contribution in [2.24, 2.45) is 0 Å². The van der Waals surface area contributed by atoms with E-state index < -0.39 is 0 Å². The molecule has 2 aromatic heterocycles. The van der Waals surface area contributed by atoms with E-state index in [9.17, 15) is 4.79 Å². The van der Waals surface area contributed by atoms with Gasteiger partial charge in [0.1, 0.15) is 6.29 Å². The molecule has 0 spiro atoms. The largest absolute Gasteiger partial charge is 0.301 e. The SMILES string of the molecule is CC(C)c1cc(-c2cccnc2)nn1CC=O. The minimum atomic E-state index is 0.299. The third kappa shape index (κ3) is 2.41. The van der Waals surface area contributed by atoms with Crippen LogP contribution < -0.4 is 0 Å². The average molecular weight is 229 g/mol. The van der Waals surface area contributed by atoms with Crippen LogP contribution in [0.15, 0.2) is 30.6 Å². The Morgan fingerprint density at radius 3 is 2.88 bits per heavy atom. The average Bonchev–Trinajstić information content (AvgIpc) is 2.75. The topological polar surface area (TPSA) is 47.8 Å². The number of pyridine rings is 1. The van der Waals surface area contributed by atoms with Crippen molar-refractivity contribution in [2.45, 2.75) is 26.3 Å². The summed E-state index contributed by atoms with van der Waals surface area (Å²) in [6.45, 7) is 4.48. The van der Waals surface area contributed by atoms with Crippen LogP contribution in [0, 0.1) is 0 Å². The molecule has 0 unspecified atom stereocenters. The summed E-state index contributed by atoms with van der Waals surface area (Å²) < 4.78 is 1.75. The number of carbonyl (C=O) groups is 1. The van der Waals surface area contributed by atoms with E-state index in [0.717, 1.165) is 23.2 Å². The van der Waals surface area contributed by atoms with Crippen LogP contribution in [0.2, 0.25) is 0 Å². The Labute approximate surface area is 100 Å². The monoisotopic (exact) mass is 229 g/mol. The zero-order valence-electron chi connectivity index (χ0n) is 10.00. The fourth-order valence-electron chi connectivity index (χ4n) is 1.77. The van der Waals surface area contributed by atoms with E-state index in [-0.39, 0.29) is 0 Å². The van der Waals surface area contributed by atoms with Gasteiger partial charge in [0, 0.05) is 23.7 Å². The van der Waals surface area contributed by atoms with Gasteiger partial charge in [-0.25, -0.2) is 0 Å². The number of aldehydes is 1. The number of nitrogens with zero attached hydrogens (tertiary/aromatic N) is 3. The van der Waals surface area contributed by atoms with Crippen LogP contribution in [0.1, 0.15) is 25.5 Å². The molecule has 17 heavy (non-hydrogen) atoms. The summed E-state index contributed by atoms with van der Waals surface area (Å²) in [7, 11) is 0. The smallest absolute Gasteiger partial charge is 0.141 e. The third-order valence-corrected chi connectivity index (χ3v) is 2.61. The van der Waals surface area contributed by atoms with E-state index in [2.05, 4.69) is 23.9 Å². The van der Waals surface area contributed by atoms with Crippen LogP contribution in [0.3, 0.4) is 0 Å². The van der Waals surface area contributed by atoms with Crippen LogP contribution in [-0.4, -0.2) is 21.1 Å². The minimum Gasteiger partial charge on any atom is -0.301 e. The normalized spacial score (nSPS) is 10.8. The highest BCUT2D eigenvalue weighted by Gasteiger charge is 2.11. The van der Waals surface area contributed by atoms with Crippen LogP contribution in [0.25, 0.3) is 11.3 Å². The summed E-state index contributed by atoms with van der Waals surface area (Å²) in [5.41, 5.74) is 2.90. The molecule has 0 N–H and O–H groups in total. The molecule has 4 nitrogen and oxygen atoms in total. The molecule has 2 rings (SSSR count). The second-order valence-corrected chi connectivity index (χ2v) is 4.20. The summed E-state index contributed by atoms with van der Waals surface area (Å²) in [5, 5.41) is 4.44. The molecule has 0 aliphatic heterocycles. The quantitative estimate of drug-likeness (QED) is 0.755. The molecule has 0 saturated heterocycles. The molecule has 0 aliphatic carbocycles. The second kappa shape index (κ2) is 4.91. The highest BCUT2D eigenvalue weighted by atomic mass is 16.1. The van der Waals surface area contributed by atoms with Crippen molar-refractivity contribution < 1.29 is 4.79 Å². The Kier molecular flexibility index (Phi) is 3.32. The van der Waals surface area contributed by atoms with Crippen LogP contribution in [-0.2, 0) is 11.3 Å². The molecule has 2 aromatic rings. The summed E-state index contributed by atoms with van der Waals surface area (Å²) in [6.07, 6.45) is 4.37. The van der Waals surface area contributed by atoms with Crippen molar-refractivity contribution in [2.75, 3.05) is 0 Å². The molecule has 0 bridgehead atoms. The maximum Gasteiger partial charge on any atom is 0.141 e. The lowest BCUT2D eigenvalue weighted by atomic mass is 10.1. The van der Waals surface area contributed by atoms with E-state index in [1.165, 1.54) is 0 Å². The zero-order chi connectivity index (χ0) is 12.3. The van der Waals surface area contributed by atoms with E-state index in [1.54, 1.807) is 17.1 Å². The molecule has 2 heterocycles. The molecule has 0 saturated carbocycles. The van der Waals surface area contributed by atoms with E-state index >= 15 is 0 Å². The lowest BCUT2D eigenvalue weighted by molar-refractivity contribution is -0.108. The summed E-state index contributed by atoms with van der Waals surface area (Å²) in [5.74, 6) is 0.341. The highest BCUT2D eigenvalue weighted by Crippen LogP contribution is 2.22. The Morgan fingerprint density at radius 1 is 1.47 bits per heavy atom. The fourth-order valence-corrected chi connectivity index (χ4v) is 1.77. The molecule has 4 heteroatoms. The maximum absolute atomic E-state index is 10.6. The Morgan fingerprint density at radius 2 is 2.29 bits per heavy atom. The highest BCUT2D eigenvalue weighted by molar-refractivity contribution is 5.59. The number of hydrogen-bond donors (Lipinski definition) is 0. The molecular formula is C13H15N3O. The van der Waals surface area contributed by atoms with Crippen molar-refractivity contribution in [3.8, 4) is 11.3 Å². The van der Waals surface area contributed by atoms with Gasteiger partial charge in [0.2, 0.25) is 0 Å². The zero-order valence-corrected chi connectivity index (χ0v) is 10.00. The molecule has 0 aromatic carbocycles. The fraction of sp³-hybridized carbons (Fsp3) is 0.308. The number of rotatable bonds is 4. The van der Waals surface area contributed by atoms with Crippen LogP contribution in [0.4, 0.5) is 0 Å². The lowest BCUT2D eigenvalue weighted by Gasteiger charge is -2.05. The predicted octanol–water partition coefficient (Wildman–Crippen LogP) is 2.27. The van der Waals surface area contributed by atoms with Gasteiger partial charge in [0.15, 0.2) is 0 Å². The van der Waals surface area contributed by atoms with E-state index in [0.29, 0.717) is 12.5 Å². The Balaban J connectivity index is 2.43. The van der Waals surface area contributed by atoms with Gasteiger partial charge in [0.05, 0.1) is 12.2 Å². The molecule has 0 aliphatic rings. The van der Waals surface area contributed by atoms with Gasteiger partial charge in [-0.2, -0.15) is 5.10 Å². The molecule has 0 amide bonds. The minimum absolute atomic E-state index is 0.299. The Hall–Kier alpha value is -1.97. The van der Waals surface area contributed by atoms with E-state index in [1.807, 2.05) is 18.2 Å². The Bertz CT molecular complexity index is 503. The first-order valence-electron chi connectivity index (χ1n) is 5.64. The summed E-state index contributed by atoms with van der Waals surface area (Å²) >= 11 is 0. The number of hydrogen-bond acceptors (Lipinski definition) is 3. The second-order valence-electron chi connectivity index (χ2n) is 4.20. The summed E-state index contributed by atoms with van der Waals surface area (Å²) in [6, 6.07) is 5.86. The van der Waals surface area contributed by atoms with Gasteiger partial charge >= 0.3 is 0 Å². The standard InChI is InChI=1S/C13H15N3O/c1-10(2)13-8-12(15-16(13)6-7-17)11-4-3-5-14-9-11/h3-5,7-10H,6H2,1-2H3. The predicted molar refractivity (Wildman–Crippen MR) is 65.6 cm³/mol. The number of carbonyl (C=O) groups excluding carboxylic acids is 1. The van der Waals surface area contributed by atoms with Gasteiger partial charge in [-0.3, -0.25) is 9.67 Å². The van der Waals surface area contributed by atoms with Crippen molar-refractivity contribution >= 4 is 6.29 Å². The molecular weight excluding hydrogens is 214 g/mol. The van der Waals surface area contributed by atoms with Crippen LogP contribution in [0.5, 0.6) is 0 Å². The molecule has 88 valence electrons. The first kappa shape index (κ1) is 11.5. The van der Waals surface area contributed by atoms with Gasteiger partial charge in [-0.15, -0.1) is 0 Å². The number of aromatic nitrogens is 3. The summed E-state index contributed by atoms with van der Waals surface area (Å²) in [4.78, 5) is 14.7. The van der Waals surface area contributed by atoms with Gasteiger partial charge < -0.3 is 4.79 Å². The van der Waals surface area contributed by atoms with Crippen molar-refractivity contribution in [1.82, 2.24) is 14.8 Å². The molecule has 0 fully saturated rings. The van der Waals surface area contributed by atoms with Gasteiger partial charge in [-0.05, 0) is 24.1 Å². The maximum atomic E-state index is 10.6. The van der Waals surface area contributed by atoms with Gasteiger partial charge in [-0.1, -0.05) is 13.8 Å². The van der Waals surface area contributed by atoms with Crippen molar-refractivity contribution in [3.05, 3.63) is 36.3 Å². The van der Waals surface area contributed by atoms with E-state index in [4.69, 9.17) is 0 Å². The van der Waals surface area contributed by atoms with Gasteiger partial charge in [0.25, 0.3) is 0 Å². The van der Waals surface area contributed by atoms with Crippen molar-refractivity contribution in [3.63, 3.8) is 0 Å². The van der Waals surface area contributed by atoms with Crippen molar-refractivity contribution in [1.29, 1.82) is 0 Å². The molecule has 0 radical (unpaired) electrons. The third-order valence-electron chi connectivity index (χ3n) is 2.61. The lowest BCUT2D eigenvalue weighted by Crippen LogP contribution is -2.06.